The van der Waals surface area contributed by atoms with Crippen LogP contribution in [-0.2, 0) is 10.2 Å². The lowest BCUT2D eigenvalue weighted by Gasteiger charge is -2.53. The van der Waals surface area contributed by atoms with E-state index in [1.54, 1.807) is 6.07 Å². The van der Waals surface area contributed by atoms with E-state index in [1.165, 1.54) is 24.1 Å². The highest BCUT2D eigenvalue weighted by Crippen LogP contribution is 2.64. The molecule has 1 unspecified atom stereocenters. The third-order valence-corrected chi connectivity index (χ3v) is 7.64. The zero-order valence-electron chi connectivity index (χ0n) is 15.6. The number of nitrogens with zero attached hydrogens (tertiary/aromatic N) is 1. The Labute approximate surface area is 154 Å². The van der Waals surface area contributed by atoms with E-state index >= 15 is 0 Å². The van der Waals surface area contributed by atoms with Crippen LogP contribution in [0, 0.1) is 5.92 Å². The van der Waals surface area contributed by atoms with Crippen LogP contribution in [0.1, 0.15) is 38.7 Å². The highest BCUT2D eigenvalue weighted by molar-refractivity contribution is 5.85. The predicted octanol–water partition coefficient (Wildman–Crippen LogP) is 3.49. The van der Waals surface area contributed by atoms with Crippen molar-refractivity contribution >= 4 is 12.0 Å². The Morgan fingerprint density at radius 3 is 3.00 bits per heavy atom. The van der Waals surface area contributed by atoms with Gasteiger partial charge in [0.2, 0.25) is 0 Å². The van der Waals surface area contributed by atoms with Crippen LogP contribution < -0.4 is 5.32 Å². The zero-order chi connectivity index (χ0) is 18.1. The van der Waals surface area contributed by atoms with Gasteiger partial charge in [-0.1, -0.05) is 25.1 Å². The molecule has 2 fully saturated rings. The fourth-order valence-corrected chi connectivity index (χ4v) is 6.73. The molecule has 4 heteroatoms. The summed E-state index contributed by atoms with van der Waals surface area (Å²) in [5, 5.41) is 14.0. The molecule has 2 N–H and O–H groups in total. The normalized spacial score (nSPS) is 38.2. The molecule has 5 rings (SSSR count). The van der Waals surface area contributed by atoms with Crippen LogP contribution in [0.3, 0.4) is 0 Å². The van der Waals surface area contributed by atoms with Gasteiger partial charge in [-0.25, -0.2) is 0 Å². The summed E-state index contributed by atoms with van der Waals surface area (Å²) in [6.07, 6.45) is 6.60. The largest absolute Gasteiger partial charge is 0.506 e. The molecule has 0 aromatic heterocycles. The van der Waals surface area contributed by atoms with Crippen molar-refractivity contribution in [1.82, 2.24) is 0 Å². The molecule has 1 aromatic rings. The first kappa shape index (κ1) is 16.1. The maximum absolute atomic E-state index is 12.2. The van der Waals surface area contributed by atoms with E-state index in [0.717, 1.165) is 53.7 Å². The van der Waals surface area contributed by atoms with Crippen molar-refractivity contribution < 1.29 is 14.4 Å². The molecule has 4 aliphatic rings. The molecule has 2 bridgehead atoms. The van der Waals surface area contributed by atoms with Gasteiger partial charge in [0.25, 0.3) is 0 Å². The average molecular weight is 351 g/mol. The van der Waals surface area contributed by atoms with Gasteiger partial charge in [0.1, 0.15) is 24.6 Å². The Kier molecular flexibility index (Phi) is 3.24. The van der Waals surface area contributed by atoms with Gasteiger partial charge in [-0.15, -0.1) is 0 Å². The van der Waals surface area contributed by atoms with E-state index in [1.807, 2.05) is 6.07 Å². The van der Waals surface area contributed by atoms with E-state index < -0.39 is 0 Å². The van der Waals surface area contributed by atoms with Gasteiger partial charge in [-0.2, -0.15) is 0 Å². The number of carbonyl (C=O) groups is 1. The Bertz CT molecular complexity index is 871. The second kappa shape index (κ2) is 5.23. The Hall–Kier alpha value is -2.07. The standard InChI is InChI=1S/C22H26N2O2/c1-3-9-24-10-8-22-17-6-5-7-18(26)20(17)23-21(22)16(13-25)15(11-19(22)24)14(4-2)12-24/h4-7,13,15,19H,3,8-12H2,1-2H3,(H-,23,25,26)/p+1/b14-4+/t15-,19-,22-,24?/m0/s1. The highest BCUT2D eigenvalue weighted by Gasteiger charge is 2.68. The van der Waals surface area contributed by atoms with Crippen molar-refractivity contribution in [2.24, 2.45) is 5.92 Å². The van der Waals surface area contributed by atoms with Gasteiger partial charge in [0.05, 0.1) is 24.2 Å². The second-order valence-electron chi connectivity index (χ2n) is 8.49. The number of phenolic OH excluding ortho intramolecular Hbond substituents is 1. The van der Waals surface area contributed by atoms with Crippen LogP contribution in [0.2, 0.25) is 0 Å². The van der Waals surface area contributed by atoms with Crippen LogP contribution in [0.25, 0.3) is 0 Å². The summed E-state index contributed by atoms with van der Waals surface area (Å²) in [5.74, 6) is 0.529. The van der Waals surface area contributed by atoms with Crippen molar-refractivity contribution in [1.29, 1.82) is 0 Å². The summed E-state index contributed by atoms with van der Waals surface area (Å²) >= 11 is 0. The van der Waals surface area contributed by atoms with Gasteiger partial charge in [-0.3, -0.25) is 4.79 Å². The fourth-order valence-electron chi connectivity index (χ4n) is 6.73. The van der Waals surface area contributed by atoms with Gasteiger partial charge < -0.3 is 14.9 Å². The number of aldehydes is 1. The minimum Gasteiger partial charge on any atom is -0.506 e. The van der Waals surface area contributed by atoms with Crippen LogP contribution in [0.5, 0.6) is 5.75 Å². The maximum atomic E-state index is 12.2. The quantitative estimate of drug-likeness (QED) is 0.379. The van der Waals surface area contributed by atoms with Gasteiger partial charge >= 0.3 is 0 Å². The summed E-state index contributed by atoms with van der Waals surface area (Å²) in [5.41, 5.74) is 5.32. The summed E-state index contributed by atoms with van der Waals surface area (Å²) < 4.78 is 1.14. The number of allylic oxidation sites excluding steroid dienone is 2. The first-order valence-corrected chi connectivity index (χ1v) is 9.91. The van der Waals surface area contributed by atoms with Gasteiger partial charge in [-0.05, 0) is 30.5 Å². The topological polar surface area (TPSA) is 49.3 Å². The number of anilines is 1. The number of benzene rings is 1. The number of fused-ring (bicyclic) bond motifs is 2. The van der Waals surface area contributed by atoms with Crippen molar-refractivity contribution in [3.63, 3.8) is 0 Å². The number of quaternary nitrogens is 1. The van der Waals surface area contributed by atoms with Crippen molar-refractivity contribution in [2.75, 3.05) is 25.0 Å². The number of nitrogens with one attached hydrogen (secondary N) is 1. The first-order chi connectivity index (χ1) is 12.6. The third-order valence-electron chi connectivity index (χ3n) is 7.64. The smallest absolute Gasteiger partial charge is 0.148 e. The Balaban J connectivity index is 1.82. The van der Waals surface area contributed by atoms with Crippen LogP contribution in [0.4, 0.5) is 5.69 Å². The van der Waals surface area contributed by atoms with E-state index in [0.29, 0.717) is 11.8 Å². The minimum absolute atomic E-state index is 0.130. The highest BCUT2D eigenvalue weighted by atomic mass is 16.3. The van der Waals surface area contributed by atoms with Crippen molar-refractivity contribution in [3.05, 3.63) is 46.7 Å². The zero-order valence-corrected chi connectivity index (χ0v) is 15.6. The van der Waals surface area contributed by atoms with Crippen LogP contribution >= 0.6 is 0 Å². The number of carbonyl (C=O) groups excluding carboxylic acids is 1. The summed E-state index contributed by atoms with van der Waals surface area (Å²) in [4.78, 5) is 12.2. The van der Waals surface area contributed by atoms with Crippen molar-refractivity contribution in [2.45, 2.75) is 44.6 Å². The average Bonchev–Trinajstić information content (AvgIpc) is 3.17. The molecule has 1 aliphatic carbocycles. The monoisotopic (exact) mass is 351 g/mol. The summed E-state index contributed by atoms with van der Waals surface area (Å²) in [6.45, 7) is 7.80. The van der Waals surface area contributed by atoms with Gasteiger partial charge in [0, 0.05) is 30.0 Å². The molecule has 1 aromatic carbocycles. The molecule has 136 valence electrons. The molecular weight excluding hydrogens is 324 g/mol. The van der Waals surface area contributed by atoms with Gasteiger partial charge in [0.15, 0.2) is 0 Å². The molecule has 3 aliphatic heterocycles. The predicted molar refractivity (Wildman–Crippen MR) is 102 cm³/mol. The molecule has 4 atom stereocenters. The molecular formula is C22H27N2O2+. The number of piperidine rings is 1. The molecule has 3 heterocycles. The molecule has 0 radical (unpaired) electrons. The SMILES string of the molecule is C/C=C1\C[N+]2(CCC)CC[C@@]34C(=C(C=O)[C@H]1C[C@@H]32)Nc1c(O)cccc14. The van der Waals surface area contributed by atoms with Crippen LogP contribution in [0.15, 0.2) is 41.1 Å². The second-order valence-corrected chi connectivity index (χ2v) is 8.49. The molecule has 26 heavy (non-hydrogen) atoms. The number of hydrogen-bond acceptors (Lipinski definition) is 3. The number of phenols is 1. The molecule has 2 saturated heterocycles. The van der Waals surface area contributed by atoms with E-state index in [2.05, 4.69) is 31.3 Å². The third kappa shape index (κ3) is 1.67. The lowest BCUT2D eigenvalue weighted by atomic mass is 9.61. The Morgan fingerprint density at radius 2 is 2.27 bits per heavy atom. The Morgan fingerprint density at radius 1 is 1.42 bits per heavy atom. The van der Waals surface area contributed by atoms with E-state index in [4.69, 9.17) is 0 Å². The van der Waals surface area contributed by atoms with E-state index in [9.17, 15) is 9.90 Å². The lowest BCUT2D eigenvalue weighted by molar-refractivity contribution is -0.941. The molecule has 4 nitrogen and oxygen atoms in total. The molecule has 0 amide bonds. The number of rotatable bonds is 3. The first-order valence-electron chi connectivity index (χ1n) is 9.91. The minimum atomic E-state index is -0.130. The number of hydrogen-bond donors (Lipinski definition) is 2. The molecule has 0 saturated carbocycles. The summed E-state index contributed by atoms with van der Waals surface area (Å²) in [6, 6.07) is 6.35. The van der Waals surface area contributed by atoms with E-state index in [-0.39, 0.29) is 11.3 Å². The number of para-hydroxylation sites is 1. The maximum Gasteiger partial charge on any atom is 0.148 e. The molecule has 1 spiro atoms. The number of aromatic hydroxyl groups is 1. The van der Waals surface area contributed by atoms with Crippen molar-refractivity contribution in [3.8, 4) is 5.75 Å². The van der Waals surface area contributed by atoms with Crippen LogP contribution in [-0.4, -0.2) is 41.6 Å². The lowest BCUT2D eigenvalue weighted by Crippen LogP contribution is -2.63. The fraction of sp³-hybridized carbons (Fsp3) is 0.500. The summed E-state index contributed by atoms with van der Waals surface area (Å²) in [7, 11) is 0.